The molecule has 2 aromatic heterocycles. The maximum Gasteiger partial charge on any atom is 0.313 e. The maximum atomic E-state index is 11.9. The second-order valence-corrected chi connectivity index (χ2v) is 4.92. The van der Waals surface area contributed by atoms with Crippen LogP contribution in [0.3, 0.4) is 0 Å². The van der Waals surface area contributed by atoms with Crippen LogP contribution in [0.4, 0.5) is 5.69 Å². The molecule has 1 aromatic carbocycles. The zero-order chi connectivity index (χ0) is 15.4. The highest BCUT2D eigenvalue weighted by Crippen LogP contribution is 2.20. The number of amides is 2. The van der Waals surface area contributed by atoms with Gasteiger partial charge in [-0.3, -0.25) is 14.6 Å². The summed E-state index contributed by atoms with van der Waals surface area (Å²) in [7, 11) is 0. The van der Waals surface area contributed by atoms with Crippen molar-refractivity contribution in [1.29, 1.82) is 0 Å². The number of hydrogen-bond donors (Lipinski definition) is 2. The van der Waals surface area contributed by atoms with Crippen molar-refractivity contribution < 1.29 is 9.59 Å². The number of carbonyl (C=O) groups excluding carboxylic acids is 2. The third-order valence-electron chi connectivity index (χ3n) is 2.90. The molecule has 0 saturated carbocycles. The van der Waals surface area contributed by atoms with Crippen LogP contribution < -0.4 is 10.6 Å². The summed E-state index contributed by atoms with van der Waals surface area (Å²) < 4.78 is 8.18. The van der Waals surface area contributed by atoms with Crippen LogP contribution in [0.15, 0.2) is 42.6 Å². The minimum atomic E-state index is -0.753. The van der Waals surface area contributed by atoms with E-state index < -0.39 is 11.8 Å². The monoisotopic (exact) mass is 313 g/mol. The van der Waals surface area contributed by atoms with Gasteiger partial charge in [-0.25, -0.2) is 0 Å². The summed E-state index contributed by atoms with van der Waals surface area (Å²) in [5.74, 6) is -1.48. The van der Waals surface area contributed by atoms with Gasteiger partial charge < -0.3 is 10.6 Å². The van der Waals surface area contributed by atoms with Crippen LogP contribution in [0.25, 0.3) is 11.0 Å². The molecule has 0 aliphatic rings. The molecule has 0 atom stereocenters. The third-order valence-corrected chi connectivity index (χ3v) is 3.44. The Morgan fingerprint density at radius 1 is 1.05 bits per heavy atom. The van der Waals surface area contributed by atoms with Gasteiger partial charge in [0.1, 0.15) is 11.0 Å². The molecule has 110 valence electrons. The molecule has 0 aliphatic carbocycles. The van der Waals surface area contributed by atoms with E-state index >= 15 is 0 Å². The molecule has 0 fully saturated rings. The number of carbonyl (C=O) groups is 2. The van der Waals surface area contributed by atoms with E-state index in [-0.39, 0.29) is 6.54 Å². The van der Waals surface area contributed by atoms with Crippen LogP contribution in [0.5, 0.6) is 0 Å². The van der Waals surface area contributed by atoms with E-state index in [2.05, 4.69) is 24.4 Å². The molecule has 7 nitrogen and oxygen atoms in total. The van der Waals surface area contributed by atoms with E-state index in [0.29, 0.717) is 22.4 Å². The summed E-state index contributed by atoms with van der Waals surface area (Å²) in [5.41, 5.74) is 2.38. The van der Waals surface area contributed by atoms with Crippen molar-refractivity contribution >= 4 is 40.3 Å². The first-order chi connectivity index (χ1) is 10.7. The lowest BCUT2D eigenvalue weighted by atomic mass is 10.2. The molecule has 0 unspecified atom stereocenters. The van der Waals surface area contributed by atoms with Gasteiger partial charge in [0.2, 0.25) is 0 Å². The summed E-state index contributed by atoms with van der Waals surface area (Å²) in [6.45, 7) is 0.190. The Bertz CT molecular complexity index is 818. The van der Waals surface area contributed by atoms with Gasteiger partial charge in [-0.1, -0.05) is 12.1 Å². The second kappa shape index (κ2) is 6.27. The molecule has 3 rings (SSSR count). The molecular formula is C14H11N5O2S. The predicted octanol–water partition coefficient (Wildman–Crippen LogP) is 1.34. The van der Waals surface area contributed by atoms with Crippen LogP contribution in [0.2, 0.25) is 0 Å². The molecule has 2 N–H and O–H groups in total. The molecule has 2 heterocycles. The van der Waals surface area contributed by atoms with Gasteiger partial charge in [0.15, 0.2) is 0 Å². The molecule has 0 spiro atoms. The largest absolute Gasteiger partial charge is 0.342 e. The van der Waals surface area contributed by atoms with E-state index in [4.69, 9.17) is 0 Å². The highest BCUT2D eigenvalue weighted by molar-refractivity contribution is 7.00. The molecule has 2 amide bonds. The second-order valence-electron chi connectivity index (χ2n) is 4.40. The van der Waals surface area contributed by atoms with Crippen molar-refractivity contribution in [1.82, 2.24) is 19.0 Å². The summed E-state index contributed by atoms with van der Waals surface area (Å²) in [6, 6.07) is 10.6. The van der Waals surface area contributed by atoms with E-state index in [1.54, 1.807) is 36.5 Å². The summed E-state index contributed by atoms with van der Waals surface area (Å²) in [5, 5.41) is 5.05. The summed E-state index contributed by atoms with van der Waals surface area (Å²) in [6.07, 6.45) is 1.62. The van der Waals surface area contributed by atoms with Gasteiger partial charge in [0.05, 0.1) is 29.7 Å². The highest BCUT2D eigenvalue weighted by atomic mass is 32.1. The van der Waals surface area contributed by atoms with E-state index in [1.165, 1.54) is 0 Å². The number of pyridine rings is 1. The smallest absolute Gasteiger partial charge is 0.313 e. The molecule has 3 aromatic rings. The minimum absolute atomic E-state index is 0.190. The molecule has 0 saturated heterocycles. The van der Waals surface area contributed by atoms with Crippen LogP contribution in [0.1, 0.15) is 5.69 Å². The normalized spacial score (nSPS) is 10.4. The number of anilines is 1. The van der Waals surface area contributed by atoms with E-state index in [1.807, 2.05) is 6.07 Å². The average molecular weight is 313 g/mol. The van der Waals surface area contributed by atoms with Crippen molar-refractivity contribution in [3.05, 3.63) is 48.3 Å². The predicted molar refractivity (Wildman–Crippen MR) is 82.1 cm³/mol. The molecule has 0 radical (unpaired) electrons. The van der Waals surface area contributed by atoms with Gasteiger partial charge in [0, 0.05) is 6.20 Å². The molecule has 22 heavy (non-hydrogen) atoms. The zero-order valence-electron chi connectivity index (χ0n) is 11.3. The minimum Gasteiger partial charge on any atom is -0.342 e. The lowest BCUT2D eigenvalue weighted by molar-refractivity contribution is -0.136. The number of benzene rings is 1. The van der Waals surface area contributed by atoms with Crippen molar-refractivity contribution in [2.24, 2.45) is 0 Å². The van der Waals surface area contributed by atoms with E-state index in [9.17, 15) is 9.59 Å². The Kier molecular flexibility index (Phi) is 4.01. The summed E-state index contributed by atoms with van der Waals surface area (Å²) in [4.78, 5) is 27.8. The van der Waals surface area contributed by atoms with Gasteiger partial charge in [-0.05, 0) is 24.3 Å². The Morgan fingerprint density at radius 3 is 2.77 bits per heavy atom. The Morgan fingerprint density at radius 2 is 1.95 bits per heavy atom. The topological polar surface area (TPSA) is 96.9 Å². The first-order valence-electron chi connectivity index (χ1n) is 6.44. The first kappa shape index (κ1) is 14.1. The van der Waals surface area contributed by atoms with Gasteiger partial charge in [0.25, 0.3) is 0 Å². The van der Waals surface area contributed by atoms with Crippen LogP contribution in [-0.2, 0) is 16.1 Å². The van der Waals surface area contributed by atoms with Gasteiger partial charge >= 0.3 is 11.8 Å². The van der Waals surface area contributed by atoms with Crippen molar-refractivity contribution in [3.63, 3.8) is 0 Å². The fraction of sp³-hybridized carbons (Fsp3) is 0.0714. The van der Waals surface area contributed by atoms with Crippen molar-refractivity contribution in [3.8, 4) is 0 Å². The van der Waals surface area contributed by atoms with Crippen LogP contribution in [-0.4, -0.2) is 25.5 Å². The number of nitrogens with one attached hydrogen (secondary N) is 2. The quantitative estimate of drug-likeness (QED) is 0.711. The SMILES string of the molecule is O=C(NCc1ccccn1)C(=O)Nc1cccc2nsnc12. The van der Waals surface area contributed by atoms with E-state index in [0.717, 1.165) is 11.7 Å². The van der Waals surface area contributed by atoms with Gasteiger partial charge in [-0.15, -0.1) is 0 Å². The lowest BCUT2D eigenvalue weighted by Crippen LogP contribution is -2.35. The molecular weight excluding hydrogens is 302 g/mol. The summed E-state index contributed by atoms with van der Waals surface area (Å²) >= 11 is 1.05. The average Bonchev–Trinajstić information content (AvgIpc) is 3.03. The number of rotatable bonds is 3. The maximum absolute atomic E-state index is 11.9. The Labute approximate surface area is 129 Å². The molecule has 8 heteroatoms. The Hall–Kier alpha value is -2.87. The lowest BCUT2D eigenvalue weighted by Gasteiger charge is -2.06. The zero-order valence-corrected chi connectivity index (χ0v) is 12.1. The highest BCUT2D eigenvalue weighted by Gasteiger charge is 2.15. The molecule has 0 aliphatic heterocycles. The van der Waals surface area contributed by atoms with Crippen LogP contribution >= 0.6 is 11.7 Å². The molecule has 0 bridgehead atoms. The Balaban J connectivity index is 1.64. The number of fused-ring (bicyclic) bond motifs is 1. The first-order valence-corrected chi connectivity index (χ1v) is 7.17. The number of nitrogens with zero attached hydrogens (tertiary/aromatic N) is 3. The van der Waals surface area contributed by atoms with Crippen LogP contribution in [0, 0.1) is 0 Å². The van der Waals surface area contributed by atoms with Crippen molar-refractivity contribution in [2.45, 2.75) is 6.54 Å². The number of aromatic nitrogens is 3. The van der Waals surface area contributed by atoms with Gasteiger partial charge in [-0.2, -0.15) is 8.75 Å². The van der Waals surface area contributed by atoms with Crippen molar-refractivity contribution in [2.75, 3.05) is 5.32 Å². The fourth-order valence-corrected chi connectivity index (χ4v) is 2.39. The fourth-order valence-electron chi connectivity index (χ4n) is 1.84. The third kappa shape index (κ3) is 3.07. The number of hydrogen-bond acceptors (Lipinski definition) is 6. The standard InChI is InChI=1S/C14H11N5O2S/c20-13(16-8-9-4-1-2-7-15-9)14(21)17-10-5-3-6-11-12(10)19-22-18-11/h1-7H,8H2,(H,16,20)(H,17,21).